The van der Waals surface area contributed by atoms with Crippen molar-refractivity contribution in [2.75, 3.05) is 13.1 Å². The largest absolute Gasteiger partial charge is 0.349 e. The van der Waals surface area contributed by atoms with Crippen molar-refractivity contribution in [2.45, 2.75) is 32.2 Å². The Hall–Kier alpha value is -0.480. The first-order valence-electron chi connectivity index (χ1n) is 7.48. The lowest BCUT2D eigenvalue weighted by Gasteiger charge is -2.24. The molecule has 22 heavy (non-hydrogen) atoms. The van der Waals surface area contributed by atoms with E-state index in [4.69, 9.17) is 23.2 Å². The third-order valence-electron chi connectivity index (χ3n) is 4.91. The zero-order chi connectivity index (χ0) is 15.0. The van der Waals surface area contributed by atoms with Gasteiger partial charge in [0.25, 0.3) is 0 Å². The molecule has 1 heterocycles. The van der Waals surface area contributed by atoms with Crippen molar-refractivity contribution >= 4 is 41.5 Å². The maximum atomic E-state index is 12.4. The second-order valence-electron chi connectivity index (χ2n) is 6.27. The summed E-state index contributed by atoms with van der Waals surface area (Å²) in [5.41, 5.74) is 1.25. The van der Waals surface area contributed by atoms with E-state index in [1.807, 2.05) is 19.1 Å². The van der Waals surface area contributed by atoms with Gasteiger partial charge in [0.05, 0.1) is 16.1 Å². The average Bonchev–Trinajstić information content (AvgIpc) is 3.16. The van der Waals surface area contributed by atoms with Gasteiger partial charge in [-0.05, 0) is 62.4 Å². The van der Waals surface area contributed by atoms with E-state index in [0.29, 0.717) is 10.0 Å². The number of benzene rings is 1. The molecule has 1 aliphatic heterocycles. The fraction of sp³-hybridized carbons (Fsp3) is 0.562. The fourth-order valence-corrected chi connectivity index (χ4v) is 3.68. The van der Waals surface area contributed by atoms with Gasteiger partial charge in [-0.2, -0.15) is 0 Å². The molecule has 1 saturated carbocycles. The molecule has 1 amide bonds. The topological polar surface area (TPSA) is 41.1 Å². The number of amides is 1. The zero-order valence-corrected chi connectivity index (χ0v) is 14.8. The third-order valence-corrected chi connectivity index (χ3v) is 5.65. The molecule has 3 nitrogen and oxygen atoms in total. The van der Waals surface area contributed by atoms with E-state index < -0.39 is 0 Å². The van der Waals surface area contributed by atoms with Gasteiger partial charge in [-0.1, -0.05) is 29.3 Å². The van der Waals surface area contributed by atoms with E-state index in [0.717, 1.165) is 37.9 Å². The second kappa shape index (κ2) is 6.96. The lowest BCUT2D eigenvalue weighted by molar-refractivity contribution is -0.123. The SMILES string of the molecule is CC(NC(=O)C1CC12CCNCC2)c1ccc(Cl)c(Cl)c1.Cl. The first-order valence-corrected chi connectivity index (χ1v) is 8.23. The van der Waals surface area contributed by atoms with Crippen molar-refractivity contribution in [1.82, 2.24) is 10.6 Å². The van der Waals surface area contributed by atoms with Crippen molar-refractivity contribution in [3.63, 3.8) is 0 Å². The molecular weight excluding hydrogens is 343 g/mol. The molecule has 3 rings (SSSR count). The summed E-state index contributed by atoms with van der Waals surface area (Å²) in [6.45, 7) is 4.05. The van der Waals surface area contributed by atoms with Crippen LogP contribution < -0.4 is 10.6 Å². The Morgan fingerprint density at radius 3 is 2.64 bits per heavy atom. The quantitative estimate of drug-likeness (QED) is 0.853. The molecule has 2 fully saturated rings. The van der Waals surface area contributed by atoms with Crippen molar-refractivity contribution in [3.05, 3.63) is 33.8 Å². The summed E-state index contributed by atoms with van der Waals surface area (Å²) < 4.78 is 0. The second-order valence-corrected chi connectivity index (χ2v) is 7.09. The molecule has 0 radical (unpaired) electrons. The standard InChI is InChI=1S/C16H20Cl2N2O.ClH/c1-10(11-2-3-13(17)14(18)8-11)20-15(21)12-9-16(12)4-6-19-7-5-16;/h2-3,8,10,12,19H,4-7,9H2,1H3,(H,20,21);1H. The van der Waals surface area contributed by atoms with E-state index in [1.165, 1.54) is 0 Å². The van der Waals surface area contributed by atoms with Gasteiger partial charge in [-0.25, -0.2) is 0 Å². The summed E-state index contributed by atoms with van der Waals surface area (Å²) in [5.74, 6) is 0.361. The minimum Gasteiger partial charge on any atom is -0.349 e. The van der Waals surface area contributed by atoms with Crippen LogP contribution in [0.4, 0.5) is 0 Å². The summed E-state index contributed by atoms with van der Waals surface area (Å²) in [6, 6.07) is 5.45. The molecule has 6 heteroatoms. The number of piperidine rings is 1. The van der Waals surface area contributed by atoms with Gasteiger partial charge in [-0.3, -0.25) is 4.79 Å². The highest BCUT2D eigenvalue weighted by atomic mass is 35.5. The molecular formula is C16H21Cl3N2O. The number of rotatable bonds is 3. The van der Waals surface area contributed by atoms with Crippen LogP contribution in [0, 0.1) is 11.3 Å². The molecule has 1 aromatic carbocycles. The summed E-state index contributed by atoms with van der Waals surface area (Å²) in [5, 5.41) is 7.54. The molecule has 2 atom stereocenters. The van der Waals surface area contributed by atoms with E-state index in [-0.39, 0.29) is 35.7 Å². The van der Waals surface area contributed by atoms with Crippen LogP contribution in [0.5, 0.6) is 0 Å². The van der Waals surface area contributed by atoms with Gasteiger partial charge in [-0.15, -0.1) is 12.4 Å². The van der Waals surface area contributed by atoms with Gasteiger partial charge in [0.1, 0.15) is 0 Å². The molecule has 2 aliphatic rings. The third kappa shape index (κ3) is 3.53. The molecule has 1 saturated heterocycles. The highest BCUT2D eigenvalue weighted by Gasteiger charge is 2.57. The van der Waals surface area contributed by atoms with Crippen LogP contribution in [0.3, 0.4) is 0 Å². The summed E-state index contributed by atoms with van der Waals surface area (Å²) in [7, 11) is 0. The fourth-order valence-electron chi connectivity index (χ4n) is 3.37. The number of nitrogens with one attached hydrogen (secondary N) is 2. The van der Waals surface area contributed by atoms with Crippen LogP contribution in [-0.2, 0) is 4.79 Å². The Morgan fingerprint density at radius 1 is 1.32 bits per heavy atom. The van der Waals surface area contributed by atoms with E-state index in [1.54, 1.807) is 6.07 Å². The molecule has 1 aromatic rings. The highest BCUT2D eigenvalue weighted by molar-refractivity contribution is 6.42. The van der Waals surface area contributed by atoms with Crippen LogP contribution in [-0.4, -0.2) is 19.0 Å². The molecule has 1 spiro atoms. The number of hydrogen-bond acceptors (Lipinski definition) is 2. The minimum absolute atomic E-state index is 0. The van der Waals surface area contributed by atoms with Crippen LogP contribution >= 0.6 is 35.6 Å². The molecule has 0 bridgehead atoms. The van der Waals surface area contributed by atoms with Gasteiger partial charge in [0.15, 0.2) is 0 Å². The van der Waals surface area contributed by atoms with Gasteiger partial charge >= 0.3 is 0 Å². The van der Waals surface area contributed by atoms with Crippen LogP contribution in [0.25, 0.3) is 0 Å². The van der Waals surface area contributed by atoms with Crippen LogP contribution in [0.1, 0.15) is 37.8 Å². The lowest BCUT2D eigenvalue weighted by Crippen LogP contribution is -2.34. The van der Waals surface area contributed by atoms with Crippen LogP contribution in [0.15, 0.2) is 18.2 Å². The van der Waals surface area contributed by atoms with Crippen molar-refractivity contribution < 1.29 is 4.79 Å². The molecule has 122 valence electrons. The maximum absolute atomic E-state index is 12.4. The van der Waals surface area contributed by atoms with E-state index in [9.17, 15) is 4.79 Å². The Kier molecular flexibility index (Phi) is 5.65. The minimum atomic E-state index is -0.0494. The lowest BCUT2D eigenvalue weighted by atomic mass is 9.91. The average molecular weight is 364 g/mol. The first-order chi connectivity index (χ1) is 10.0. The molecule has 0 aromatic heterocycles. The Bertz CT molecular complexity index is 558. The number of hydrogen-bond donors (Lipinski definition) is 2. The Balaban J connectivity index is 0.00000176. The maximum Gasteiger partial charge on any atom is 0.224 e. The van der Waals surface area contributed by atoms with Crippen molar-refractivity contribution in [3.8, 4) is 0 Å². The monoisotopic (exact) mass is 362 g/mol. The summed E-state index contributed by atoms with van der Waals surface area (Å²) in [4.78, 5) is 12.4. The molecule has 2 N–H and O–H groups in total. The molecule has 2 unspecified atom stereocenters. The van der Waals surface area contributed by atoms with E-state index >= 15 is 0 Å². The van der Waals surface area contributed by atoms with Crippen LogP contribution in [0.2, 0.25) is 10.0 Å². The van der Waals surface area contributed by atoms with Crippen molar-refractivity contribution in [2.24, 2.45) is 11.3 Å². The van der Waals surface area contributed by atoms with Gasteiger partial charge in [0.2, 0.25) is 5.91 Å². The van der Waals surface area contributed by atoms with Crippen molar-refractivity contribution in [1.29, 1.82) is 0 Å². The smallest absolute Gasteiger partial charge is 0.224 e. The normalized spacial score (nSPS) is 23.5. The predicted octanol–water partition coefficient (Wildman–Crippen LogP) is 3.98. The molecule has 1 aliphatic carbocycles. The summed E-state index contributed by atoms with van der Waals surface area (Å²) >= 11 is 12.0. The van der Waals surface area contributed by atoms with Gasteiger partial charge < -0.3 is 10.6 Å². The number of carbonyl (C=O) groups excluding carboxylic acids is 1. The number of halogens is 3. The number of carbonyl (C=O) groups is 1. The van der Waals surface area contributed by atoms with E-state index in [2.05, 4.69) is 10.6 Å². The first kappa shape index (κ1) is 17.9. The van der Waals surface area contributed by atoms with Gasteiger partial charge in [0, 0.05) is 5.92 Å². The Morgan fingerprint density at radius 2 is 2.00 bits per heavy atom. The Labute approximate surface area is 147 Å². The predicted molar refractivity (Wildman–Crippen MR) is 92.9 cm³/mol. The highest BCUT2D eigenvalue weighted by Crippen LogP contribution is 2.58. The zero-order valence-electron chi connectivity index (χ0n) is 12.5. The summed E-state index contributed by atoms with van der Waals surface area (Å²) in [6.07, 6.45) is 3.27.